The zero-order valence-electron chi connectivity index (χ0n) is 19.1. The predicted molar refractivity (Wildman–Crippen MR) is 133 cm³/mol. The van der Waals surface area contributed by atoms with Crippen LogP contribution < -0.4 is 15.1 Å². The van der Waals surface area contributed by atoms with Gasteiger partial charge in [0.05, 0.1) is 36.8 Å². The highest BCUT2D eigenvalue weighted by molar-refractivity contribution is 5.80. The van der Waals surface area contributed by atoms with E-state index in [4.69, 9.17) is 14.7 Å². The van der Waals surface area contributed by atoms with Crippen LogP contribution in [0.4, 0.5) is 5.95 Å². The van der Waals surface area contributed by atoms with Gasteiger partial charge in [-0.2, -0.15) is 0 Å². The van der Waals surface area contributed by atoms with Crippen LogP contribution in [-0.4, -0.2) is 31.5 Å². The lowest BCUT2D eigenvalue weighted by molar-refractivity contribution is 0.357. The molecule has 8 heteroatoms. The first-order valence-corrected chi connectivity index (χ1v) is 11.7. The Morgan fingerprint density at radius 3 is 2.71 bits per heavy atom. The molecule has 1 atom stereocenters. The van der Waals surface area contributed by atoms with E-state index in [9.17, 15) is 4.79 Å². The highest BCUT2D eigenvalue weighted by Gasteiger charge is 2.36. The maximum Gasteiger partial charge on any atom is 0.226 e. The third-order valence-corrected chi connectivity index (χ3v) is 6.89. The molecule has 5 heterocycles. The Morgan fingerprint density at radius 1 is 1.03 bits per heavy atom. The molecule has 8 nitrogen and oxygen atoms in total. The monoisotopic (exact) mass is 462 g/mol. The van der Waals surface area contributed by atoms with E-state index < -0.39 is 0 Å². The van der Waals surface area contributed by atoms with Gasteiger partial charge >= 0.3 is 0 Å². The van der Waals surface area contributed by atoms with Crippen molar-refractivity contribution < 1.29 is 4.74 Å². The van der Waals surface area contributed by atoms with Gasteiger partial charge in [-0.25, -0.2) is 15.0 Å². The van der Waals surface area contributed by atoms with Crippen molar-refractivity contribution in [1.29, 1.82) is 0 Å². The molecule has 2 aromatic carbocycles. The summed E-state index contributed by atoms with van der Waals surface area (Å²) in [7, 11) is 0. The number of anilines is 1. The van der Waals surface area contributed by atoms with Crippen LogP contribution >= 0.6 is 0 Å². The predicted octanol–water partition coefficient (Wildman–Crippen LogP) is 4.06. The molecular weight excluding hydrogens is 440 g/mol. The highest BCUT2D eigenvalue weighted by atomic mass is 16.5. The third-order valence-electron chi connectivity index (χ3n) is 6.89. The fourth-order valence-electron chi connectivity index (χ4n) is 5.19. The highest BCUT2D eigenvalue weighted by Crippen LogP contribution is 2.41. The van der Waals surface area contributed by atoms with Crippen LogP contribution in [0.1, 0.15) is 34.3 Å². The fourth-order valence-corrected chi connectivity index (χ4v) is 5.19. The van der Waals surface area contributed by atoms with Crippen LogP contribution in [0.15, 0.2) is 65.8 Å². The van der Waals surface area contributed by atoms with Crippen LogP contribution in [0, 0.1) is 6.92 Å². The van der Waals surface area contributed by atoms with Crippen molar-refractivity contribution in [3.05, 3.63) is 99.5 Å². The molecule has 2 N–H and O–H groups in total. The number of H-pyrrole nitrogens is 2. The van der Waals surface area contributed by atoms with Crippen molar-refractivity contribution in [2.45, 2.75) is 25.9 Å². The second-order valence-electron chi connectivity index (χ2n) is 9.04. The maximum absolute atomic E-state index is 13.5. The van der Waals surface area contributed by atoms with Gasteiger partial charge in [0.25, 0.3) is 0 Å². The minimum Gasteiger partial charge on any atom is -0.493 e. The van der Waals surface area contributed by atoms with Crippen molar-refractivity contribution in [3.63, 3.8) is 0 Å². The van der Waals surface area contributed by atoms with Crippen LogP contribution in [0.5, 0.6) is 5.75 Å². The molecule has 0 fully saturated rings. The summed E-state index contributed by atoms with van der Waals surface area (Å²) < 4.78 is 5.73. The topological polar surface area (TPSA) is 99.8 Å². The second-order valence-corrected chi connectivity index (χ2v) is 9.04. The molecule has 7 rings (SSSR count). The smallest absolute Gasteiger partial charge is 0.226 e. The number of rotatable bonds is 3. The number of nitrogens with one attached hydrogen (secondary N) is 2. The van der Waals surface area contributed by atoms with Crippen molar-refractivity contribution in [1.82, 2.24) is 24.9 Å². The molecule has 0 saturated carbocycles. The average Bonchev–Trinajstić information content (AvgIpc) is 3.62. The summed E-state index contributed by atoms with van der Waals surface area (Å²) in [6.45, 7) is 3.03. The Balaban J connectivity index is 1.37. The zero-order valence-corrected chi connectivity index (χ0v) is 19.1. The first-order chi connectivity index (χ1) is 17.2. The van der Waals surface area contributed by atoms with Gasteiger partial charge in [0, 0.05) is 40.8 Å². The molecule has 0 saturated heterocycles. The van der Waals surface area contributed by atoms with Gasteiger partial charge in [-0.3, -0.25) is 4.79 Å². The molecule has 1 unspecified atom stereocenters. The van der Waals surface area contributed by atoms with E-state index in [2.05, 4.69) is 32.0 Å². The van der Waals surface area contributed by atoms with E-state index >= 15 is 0 Å². The number of hydrogen-bond donors (Lipinski definition) is 2. The van der Waals surface area contributed by atoms with Crippen LogP contribution in [0.3, 0.4) is 0 Å². The first-order valence-electron chi connectivity index (χ1n) is 11.7. The minimum atomic E-state index is -0.214. The van der Waals surface area contributed by atoms with E-state index in [0.717, 1.165) is 51.6 Å². The molecular formula is C27H22N6O2. The number of fused-ring (bicyclic) bond motifs is 3. The summed E-state index contributed by atoms with van der Waals surface area (Å²) in [4.78, 5) is 36.0. The number of imidazole rings is 1. The normalized spacial score (nSPS) is 16.4. The maximum atomic E-state index is 13.5. The quantitative estimate of drug-likeness (QED) is 0.419. The number of ether oxygens (including phenoxy) is 1. The Labute approximate surface area is 200 Å². The van der Waals surface area contributed by atoms with Gasteiger partial charge in [-0.05, 0) is 42.3 Å². The van der Waals surface area contributed by atoms with E-state index in [1.165, 1.54) is 5.56 Å². The molecule has 172 valence electrons. The van der Waals surface area contributed by atoms with Crippen LogP contribution in [0.2, 0.25) is 0 Å². The second kappa shape index (κ2) is 7.53. The zero-order chi connectivity index (χ0) is 23.5. The van der Waals surface area contributed by atoms with E-state index in [1.54, 1.807) is 18.6 Å². The van der Waals surface area contributed by atoms with Crippen molar-refractivity contribution in [2.75, 3.05) is 11.5 Å². The van der Waals surface area contributed by atoms with Crippen molar-refractivity contribution in [2.24, 2.45) is 0 Å². The van der Waals surface area contributed by atoms with Gasteiger partial charge in [-0.1, -0.05) is 18.2 Å². The first kappa shape index (κ1) is 20.0. The number of pyridine rings is 1. The largest absolute Gasteiger partial charge is 0.493 e. The molecule has 2 aliphatic heterocycles. The SMILES string of the molecule is Cc1ncc(-c2cnc(N3Cc4c([nH]c5ccccc5c4=O)C3c3ccc4c(c3)CCO4)nc2)[nH]1. The number of nitrogens with zero attached hydrogens (tertiary/aromatic N) is 4. The van der Waals surface area contributed by atoms with Gasteiger partial charge < -0.3 is 19.6 Å². The van der Waals surface area contributed by atoms with Crippen molar-refractivity contribution in [3.8, 4) is 17.0 Å². The number of hydrogen-bond acceptors (Lipinski definition) is 6. The van der Waals surface area contributed by atoms with E-state index in [0.29, 0.717) is 24.5 Å². The summed E-state index contributed by atoms with van der Waals surface area (Å²) in [6, 6.07) is 13.7. The lowest BCUT2D eigenvalue weighted by Gasteiger charge is -2.26. The van der Waals surface area contributed by atoms with Crippen molar-refractivity contribution >= 4 is 16.9 Å². The molecule has 35 heavy (non-hydrogen) atoms. The molecule has 0 bridgehead atoms. The standard InChI is InChI=1S/C27H22N6O2/c1-15-28-13-22(31-15)18-11-29-27(30-12-18)33-14-20-24(32-21-5-3-2-4-19(21)26(20)34)25(33)17-6-7-23-16(10-17)8-9-35-23/h2-7,10-13,25H,8-9,14H2,1H3,(H,28,31)(H,32,34). The summed E-state index contributed by atoms with van der Waals surface area (Å²) in [5.41, 5.74) is 6.52. The number of benzene rings is 2. The minimum absolute atomic E-state index is 0.0518. The van der Waals surface area contributed by atoms with Gasteiger partial charge in [-0.15, -0.1) is 0 Å². The van der Waals surface area contributed by atoms with Gasteiger partial charge in [0.1, 0.15) is 11.6 Å². The lowest BCUT2D eigenvalue weighted by atomic mass is 9.98. The molecule has 0 amide bonds. The Hall–Kier alpha value is -4.46. The fraction of sp³-hybridized carbons (Fsp3) is 0.185. The molecule has 0 spiro atoms. The molecule has 0 radical (unpaired) electrons. The number of aromatic amines is 2. The Kier molecular flexibility index (Phi) is 4.29. The molecule has 3 aromatic heterocycles. The Bertz CT molecular complexity index is 1650. The molecule has 0 aliphatic carbocycles. The number of aromatic nitrogens is 5. The average molecular weight is 463 g/mol. The summed E-state index contributed by atoms with van der Waals surface area (Å²) >= 11 is 0. The van der Waals surface area contributed by atoms with E-state index in [-0.39, 0.29) is 11.5 Å². The number of para-hydroxylation sites is 1. The number of aryl methyl sites for hydroxylation is 1. The van der Waals surface area contributed by atoms with Crippen LogP contribution in [-0.2, 0) is 13.0 Å². The Morgan fingerprint density at radius 2 is 1.89 bits per heavy atom. The summed E-state index contributed by atoms with van der Waals surface area (Å²) in [6.07, 6.45) is 6.25. The molecule has 5 aromatic rings. The third kappa shape index (κ3) is 3.13. The summed E-state index contributed by atoms with van der Waals surface area (Å²) in [5.74, 6) is 2.34. The molecule has 2 aliphatic rings. The summed E-state index contributed by atoms with van der Waals surface area (Å²) in [5, 5.41) is 0.695. The van der Waals surface area contributed by atoms with Crippen LogP contribution in [0.25, 0.3) is 22.2 Å². The van der Waals surface area contributed by atoms with E-state index in [1.807, 2.05) is 37.3 Å². The lowest BCUT2D eigenvalue weighted by Crippen LogP contribution is -2.25. The van der Waals surface area contributed by atoms with Gasteiger partial charge in [0.15, 0.2) is 5.43 Å². The van der Waals surface area contributed by atoms with Gasteiger partial charge in [0.2, 0.25) is 5.95 Å².